The number of rotatable bonds is 4. The zero-order chi connectivity index (χ0) is 12.3. The molecule has 2 amide bonds. The number of nitrogens with zero attached hydrogens (tertiary/aromatic N) is 2. The Morgan fingerprint density at radius 3 is 2.82 bits per heavy atom. The van der Waals surface area contributed by atoms with E-state index < -0.39 is 0 Å². The van der Waals surface area contributed by atoms with E-state index in [-0.39, 0.29) is 6.03 Å². The SMILES string of the molecule is CN1Cc2ccccc2N(CCCCBr)C1=O. The Hall–Kier alpha value is -1.03. The summed E-state index contributed by atoms with van der Waals surface area (Å²) in [4.78, 5) is 15.8. The van der Waals surface area contributed by atoms with Gasteiger partial charge >= 0.3 is 6.03 Å². The van der Waals surface area contributed by atoms with Crippen LogP contribution in [0, 0.1) is 0 Å². The van der Waals surface area contributed by atoms with Gasteiger partial charge in [-0.3, -0.25) is 4.90 Å². The Labute approximate surface area is 111 Å². The molecule has 4 heteroatoms. The van der Waals surface area contributed by atoms with Crippen LogP contribution in [0.1, 0.15) is 18.4 Å². The standard InChI is InChI=1S/C13H17BrN2O/c1-15-10-11-6-2-3-7-12(11)16(13(15)17)9-5-4-8-14/h2-3,6-7H,4-5,8-10H2,1H3. The number of carbonyl (C=O) groups is 1. The minimum atomic E-state index is 0.110. The van der Waals surface area contributed by atoms with Gasteiger partial charge in [0.25, 0.3) is 0 Å². The lowest BCUT2D eigenvalue weighted by Crippen LogP contribution is -2.45. The first-order chi connectivity index (χ1) is 8.24. The van der Waals surface area contributed by atoms with Crippen LogP contribution >= 0.6 is 15.9 Å². The maximum atomic E-state index is 12.1. The highest BCUT2D eigenvalue weighted by Gasteiger charge is 2.26. The van der Waals surface area contributed by atoms with Crippen LogP contribution in [0.3, 0.4) is 0 Å². The number of hydrogen-bond acceptors (Lipinski definition) is 1. The molecule has 1 aliphatic rings. The number of fused-ring (bicyclic) bond motifs is 1. The van der Waals surface area contributed by atoms with Gasteiger partial charge in [0.2, 0.25) is 0 Å². The molecule has 92 valence electrons. The second-order valence-corrected chi connectivity index (χ2v) is 5.11. The van der Waals surface area contributed by atoms with Crippen molar-refractivity contribution < 1.29 is 4.79 Å². The summed E-state index contributed by atoms with van der Waals surface area (Å²) in [5.41, 5.74) is 2.30. The molecule has 17 heavy (non-hydrogen) atoms. The molecular weight excluding hydrogens is 280 g/mol. The highest BCUT2D eigenvalue weighted by Crippen LogP contribution is 2.27. The van der Waals surface area contributed by atoms with Gasteiger partial charge in [-0.2, -0.15) is 0 Å². The molecule has 1 heterocycles. The molecule has 0 atom stereocenters. The maximum Gasteiger partial charge on any atom is 0.324 e. The Bertz CT molecular complexity index is 408. The van der Waals surface area contributed by atoms with Crippen molar-refractivity contribution in [1.29, 1.82) is 0 Å². The molecule has 0 spiro atoms. The van der Waals surface area contributed by atoms with Gasteiger partial charge in [0, 0.05) is 25.5 Å². The monoisotopic (exact) mass is 296 g/mol. The van der Waals surface area contributed by atoms with Crippen LogP contribution in [-0.2, 0) is 6.54 Å². The van der Waals surface area contributed by atoms with Crippen molar-refractivity contribution in [1.82, 2.24) is 4.90 Å². The fourth-order valence-corrected chi connectivity index (χ4v) is 2.52. The Morgan fingerprint density at radius 2 is 2.06 bits per heavy atom. The van der Waals surface area contributed by atoms with E-state index in [0.29, 0.717) is 6.54 Å². The third-order valence-corrected chi connectivity index (χ3v) is 3.57. The molecule has 0 fully saturated rings. The predicted molar refractivity (Wildman–Crippen MR) is 73.7 cm³/mol. The molecule has 2 rings (SSSR count). The summed E-state index contributed by atoms with van der Waals surface area (Å²) in [6.45, 7) is 1.51. The molecule has 0 aromatic heterocycles. The van der Waals surface area contributed by atoms with Crippen molar-refractivity contribution in [3.05, 3.63) is 29.8 Å². The highest BCUT2D eigenvalue weighted by molar-refractivity contribution is 9.09. The minimum Gasteiger partial charge on any atom is -0.323 e. The summed E-state index contributed by atoms with van der Waals surface area (Å²) in [6, 6.07) is 8.26. The van der Waals surface area contributed by atoms with Crippen LogP contribution in [0.5, 0.6) is 0 Å². The number of anilines is 1. The topological polar surface area (TPSA) is 23.6 Å². The van der Waals surface area contributed by atoms with E-state index in [4.69, 9.17) is 0 Å². The van der Waals surface area contributed by atoms with Crippen molar-refractivity contribution >= 4 is 27.6 Å². The zero-order valence-corrected chi connectivity index (χ0v) is 11.6. The molecule has 1 aromatic rings. The molecule has 0 bridgehead atoms. The van der Waals surface area contributed by atoms with Gasteiger partial charge < -0.3 is 4.90 Å². The average molecular weight is 297 g/mol. The number of urea groups is 1. The molecule has 3 nitrogen and oxygen atoms in total. The first-order valence-corrected chi connectivity index (χ1v) is 7.02. The van der Waals surface area contributed by atoms with Gasteiger partial charge in [-0.05, 0) is 24.5 Å². The van der Waals surface area contributed by atoms with E-state index in [9.17, 15) is 4.79 Å². The molecular formula is C13H17BrN2O. The van der Waals surface area contributed by atoms with E-state index in [1.165, 1.54) is 5.56 Å². The molecule has 0 aliphatic carbocycles. The van der Waals surface area contributed by atoms with Crippen LogP contribution in [0.2, 0.25) is 0 Å². The smallest absolute Gasteiger partial charge is 0.323 e. The number of halogens is 1. The lowest BCUT2D eigenvalue weighted by Gasteiger charge is -2.35. The third-order valence-electron chi connectivity index (χ3n) is 3.01. The zero-order valence-electron chi connectivity index (χ0n) is 10.0. The van der Waals surface area contributed by atoms with Gasteiger partial charge in [0.15, 0.2) is 0 Å². The fourth-order valence-electron chi connectivity index (χ4n) is 2.12. The third kappa shape index (κ3) is 2.63. The molecule has 1 aliphatic heterocycles. The number of hydrogen-bond donors (Lipinski definition) is 0. The van der Waals surface area contributed by atoms with Gasteiger partial charge in [-0.25, -0.2) is 4.79 Å². The first-order valence-electron chi connectivity index (χ1n) is 5.90. The van der Waals surface area contributed by atoms with Gasteiger partial charge in [0.1, 0.15) is 0 Å². The number of carbonyl (C=O) groups excluding carboxylic acids is 1. The van der Waals surface area contributed by atoms with Crippen molar-refractivity contribution in [3.63, 3.8) is 0 Å². The lowest BCUT2D eigenvalue weighted by molar-refractivity contribution is 0.210. The first kappa shape index (κ1) is 12.4. The summed E-state index contributed by atoms with van der Waals surface area (Å²) >= 11 is 3.42. The number of alkyl halides is 1. The van der Waals surface area contributed by atoms with Crippen molar-refractivity contribution in [2.75, 3.05) is 23.8 Å². The summed E-state index contributed by atoms with van der Waals surface area (Å²) in [6.07, 6.45) is 2.12. The molecule has 1 aromatic carbocycles. The van der Waals surface area contributed by atoms with E-state index in [1.807, 2.05) is 30.1 Å². The van der Waals surface area contributed by atoms with Crippen LogP contribution < -0.4 is 4.90 Å². The minimum absolute atomic E-state index is 0.110. The fraction of sp³-hybridized carbons (Fsp3) is 0.462. The van der Waals surface area contributed by atoms with Crippen LogP contribution in [0.4, 0.5) is 10.5 Å². The van der Waals surface area contributed by atoms with Crippen LogP contribution in [-0.4, -0.2) is 29.9 Å². The summed E-state index contributed by atoms with van der Waals surface area (Å²) < 4.78 is 0. The summed E-state index contributed by atoms with van der Waals surface area (Å²) in [5, 5.41) is 0.993. The Morgan fingerprint density at radius 1 is 1.29 bits per heavy atom. The second-order valence-electron chi connectivity index (χ2n) is 4.32. The number of unbranched alkanes of at least 4 members (excludes halogenated alkanes) is 1. The summed E-state index contributed by atoms with van der Waals surface area (Å²) in [7, 11) is 1.86. The Balaban J connectivity index is 2.20. The van der Waals surface area contributed by atoms with Crippen molar-refractivity contribution in [3.8, 4) is 0 Å². The van der Waals surface area contributed by atoms with E-state index in [2.05, 4.69) is 22.0 Å². The van der Waals surface area contributed by atoms with Crippen molar-refractivity contribution in [2.45, 2.75) is 19.4 Å². The van der Waals surface area contributed by atoms with Crippen molar-refractivity contribution in [2.24, 2.45) is 0 Å². The maximum absolute atomic E-state index is 12.1. The van der Waals surface area contributed by atoms with E-state index in [1.54, 1.807) is 4.90 Å². The molecule has 0 saturated heterocycles. The van der Waals surface area contributed by atoms with Gasteiger partial charge in [-0.1, -0.05) is 34.1 Å². The molecule has 0 N–H and O–H groups in total. The number of para-hydroxylation sites is 1. The van der Waals surface area contributed by atoms with Gasteiger partial charge in [0.05, 0.1) is 5.69 Å². The quantitative estimate of drug-likeness (QED) is 0.618. The summed E-state index contributed by atoms with van der Waals surface area (Å²) in [5.74, 6) is 0. The van der Waals surface area contributed by atoms with E-state index in [0.717, 1.165) is 30.4 Å². The predicted octanol–water partition coefficient (Wildman–Crippen LogP) is 3.23. The average Bonchev–Trinajstić information content (AvgIpc) is 2.34. The van der Waals surface area contributed by atoms with Gasteiger partial charge in [-0.15, -0.1) is 0 Å². The largest absolute Gasteiger partial charge is 0.324 e. The normalized spacial score (nSPS) is 15.1. The van der Waals surface area contributed by atoms with Crippen LogP contribution in [0.15, 0.2) is 24.3 Å². The second kappa shape index (κ2) is 5.54. The molecule has 0 unspecified atom stereocenters. The number of amides is 2. The van der Waals surface area contributed by atoms with E-state index >= 15 is 0 Å². The Kier molecular flexibility index (Phi) is 4.05. The highest BCUT2D eigenvalue weighted by atomic mass is 79.9. The lowest BCUT2D eigenvalue weighted by atomic mass is 10.1. The molecule has 0 radical (unpaired) electrons. The van der Waals surface area contributed by atoms with Crippen LogP contribution in [0.25, 0.3) is 0 Å². The molecule has 0 saturated carbocycles. The number of benzene rings is 1.